The highest BCUT2D eigenvalue weighted by atomic mass is 16.4. The molecule has 0 aromatic carbocycles. The molecule has 0 aliphatic carbocycles. The lowest BCUT2D eigenvalue weighted by molar-refractivity contribution is -0.138. The second kappa shape index (κ2) is 9.87. The molecule has 2 aliphatic rings. The first-order chi connectivity index (χ1) is 13.5. The van der Waals surface area contributed by atoms with Crippen molar-refractivity contribution in [3.63, 3.8) is 0 Å². The van der Waals surface area contributed by atoms with Crippen molar-refractivity contribution in [3.8, 4) is 0 Å². The van der Waals surface area contributed by atoms with E-state index in [1.54, 1.807) is 6.20 Å². The maximum atomic E-state index is 12.9. The molecule has 7 nitrogen and oxygen atoms in total. The zero-order valence-electron chi connectivity index (χ0n) is 16.8. The Kier molecular flexibility index (Phi) is 7.25. The molecule has 1 atom stereocenters. The summed E-state index contributed by atoms with van der Waals surface area (Å²) in [5, 5.41) is 8.99. The highest BCUT2D eigenvalue weighted by molar-refractivity contribution is 5.94. The average molecular weight is 389 g/mol. The molecule has 3 rings (SSSR count). The highest BCUT2D eigenvalue weighted by Crippen LogP contribution is 2.20. The quantitative estimate of drug-likeness (QED) is 0.835. The number of amides is 1. The zero-order valence-corrected chi connectivity index (χ0v) is 16.8. The Morgan fingerprint density at radius 3 is 2.46 bits per heavy atom. The Labute approximate surface area is 167 Å². The summed E-state index contributed by atoms with van der Waals surface area (Å²) in [5.74, 6) is 0.177. The van der Waals surface area contributed by atoms with E-state index in [0.717, 1.165) is 38.2 Å². The van der Waals surface area contributed by atoms with E-state index in [1.807, 2.05) is 29.0 Å². The highest BCUT2D eigenvalue weighted by Gasteiger charge is 2.25. The van der Waals surface area contributed by atoms with Gasteiger partial charge in [0.1, 0.15) is 5.82 Å². The molecule has 0 unspecified atom stereocenters. The molecule has 2 fully saturated rings. The van der Waals surface area contributed by atoms with Crippen molar-refractivity contribution >= 4 is 17.7 Å². The Morgan fingerprint density at radius 1 is 1.07 bits per heavy atom. The van der Waals surface area contributed by atoms with Crippen LogP contribution in [-0.4, -0.2) is 77.6 Å². The van der Waals surface area contributed by atoms with Crippen molar-refractivity contribution in [1.82, 2.24) is 14.8 Å². The van der Waals surface area contributed by atoms with Crippen molar-refractivity contribution in [1.29, 1.82) is 0 Å². The van der Waals surface area contributed by atoms with Crippen LogP contribution in [0.5, 0.6) is 0 Å². The number of carboxylic acids is 1. The third kappa shape index (κ3) is 5.44. The van der Waals surface area contributed by atoms with E-state index in [4.69, 9.17) is 5.11 Å². The number of nitrogens with zero attached hydrogens (tertiary/aromatic N) is 4. The zero-order chi connectivity index (χ0) is 19.9. The smallest absolute Gasteiger partial charge is 0.317 e. The molecule has 3 heterocycles. The van der Waals surface area contributed by atoms with E-state index >= 15 is 0 Å². The summed E-state index contributed by atoms with van der Waals surface area (Å²) in [4.78, 5) is 34.5. The second-order valence-corrected chi connectivity index (χ2v) is 7.99. The molecule has 2 saturated heterocycles. The van der Waals surface area contributed by atoms with E-state index < -0.39 is 5.97 Å². The number of carboxylic acid groups (broad SMARTS) is 1. The van der Waals surface area contributed by atoms with Gasteiger partial charge in [-0.1, -0.05) is 12.8 Å². The molecule has 0 bridgehead atoms. The first-order valence-electron chi connectivity index (χ1n) is 10.5. The number of pyridine rings is 1. The minimum Gasteiger partial charge on any atom is -0.480 e. The molecule has 0 saturated carbocycles. The van der Waals surface area contributed by atoms with Crippen LogP contribution in [-0.2, 0) is 4.79 Å². The second-order valence-electron chi connectivity index (χ2n) is 7.99. The van der Waals surface area contributed by atoms with Crippen molar-refractivity contribution < 1.29 is 14.7 Å². The van der Waals surface area contributed by atoms with Gasteiger partial charge in [0.2, 0.25) is 0 Å². The Hall–Kier alpha value is -2.15. The maximum Gasteiger partial charge on any atom is 0.317 e. The van der Waals surface area contributed by atoms with Gasteiger partial charge in [-0.15, -0.1) is 0 Å². The Balaban J connectivity index is 1.58. The van der Waals surface area contributed by atoms with Gasteiger partial charge in [0.05, 0.1) is 12.1 Å². The fraction of sp³-hybridized carbons (Fsp3) is 0.667. The standard InChI is InChI=1S/C21H32N4O3/c1-23(16-20(26)27)18-7-6-13-25(14-10-18)21(28)17-8-9-19(22-15-17)24-11-4-2-3-5-12-24/h8-9,15,18H,2-7,10-14,16H2,1H3,(H,26,27)/t18-/m0/s1. The fourth-order valence-corrected chi connectivity index (χ4v) is 4.25. The number of aliphatic carboxylic acids is 1. The molecular weight excluding hydrogens is 356 g/mol. The summed E-state index contributed by atoms with van der Waals surface area (Å²) >= 11 is 0. The predicted molar refractivity (Wildman–Crippen MR) is 109 cm³/mol. The largest absolute Gasteiger partial charge is 0.480 e. The van der Waals surface area contributed by atoms with Gasteiger partial charge in [-0.25, -0.2) is 4.98 Å². The van der Waals surface area contributed by atoms with Gasteiger partial charge in [-0.05, 0) is 51.3 Å². The summed E-state index contributed by atoms with van der Waals surface area (Å²) in [5.41, 5.74) is 0.635. The van der Waals surface area contributed by atoms with Crippen LogP contribution in [0.25, 0.3) is 0 Å². The molecule has 154 valence electrons. The minimum absolute atomic E-state index is 0.0245. The monoisotopic (exact) mass is 388 g/mol. The van der Waals surface area contributed by atoms with Crippen LogP contribution in [0.4, 0.5) is 5.82 Å². The lowest BCUT2D eigenvalue weighted by atomic mass is 10.1. The first kappa shape index (κ1) is 20.6. The molecular formula is C21H32N4O3. The van der Waals surface area contributed by atoms with Crippen LogP contribution >= 0.6 is 0 Å². The van der Waals surface area contributed by atoms with Crippen LogP contribution < -0.4 is 4.90 Å². The third-order valence-electron chi connectivity index (χ3n) is 5.92. The van der Waals surface area contributed by atoms with Crippen molar-refractivity contribution in [3.05, 3.63) is 23.9 Å². The number of rotatable bonds is 5. The van der Waals surface area contributed by atoms with Crippen molar-refractivity contribution in [2.24, 2.45) is 0 Å². The predicted octanol–water partition coefficient (Wildman–Crippen LogP) is 2.47. The number of likely N-dealkylation sites (tertiary alicyclic amines) is 1. The molecule has 1 N–H and O–H groups in total. The van der Waals surface area contributed by atoms with Gasteiger partial charge in [0, 0.05) is 38.4 Å². The number of carbonyl (C=O) groups excluding carboxylic acids is 1. The number of aromatic nitrogens is 1. The van der Waals surface area contributed by atoms with Crippen molar-refractivity contribution in [2.45, 2.75) is 51.0 Å². The van der Waals surface area contributed by atoms with E-state index in [-0.39, 0.29) is 18.5 Å². The summed E-state index contributed by atoms with van der Waals surface area (Å²) in [6, 6.07) is 4.08. The SMILES string of the molecule is CN(CC(=O)O)[C@H]1CCCN(C(=O)c2ccc(N3CCCCCC3)nc2)CC1. The number of hydrogen-bond donors (Lipinski definition) is 1. The summed E-state index contributed by atoms with van der Waals surface area (Å²) in [7, 11) is 1.85. The van der Waals surface area contributed by atoms with Crippen LogP contribution in [0.2, 0.25) is 0 Å². The maximum absolute atomic E-state index is 12.9. The lowest BCUT2D eigenvalue weighted by Crippen LogP contribution is -2.37. The fourth-order valence-electron chi connectivity index (χ4n) is 4.25. The van der Waals surface area contributed by atoms with Crippen LogP contribution in [0, 0.1) is 0 Å². The molecule has 7 heteroatoms. The van der Waals surface area contributed by atoms with E-state index in [2.05, 4.69) is 9.88 Å². The van der Waals surface area contributed by atoms with E-state index in [9.17, 15) is 9.59 Å². The Morgan fingerprint density at radius 2 is 1.82 bits per heavy atom. The van der Waals surface area contributed by atoms with Gasteiger partial charge >= 0.3 is 5.97 Å². The van der Waals surface area contributed by atoms with Crippen molar-refractivity contribution in [2.75, 3.05) is 44.7 Å². The summed E-state index contributed by atoms with van der Waals surface area (Å²) < 4.78 is 0. The molecule has 1 aromatic heterocycles. The van der Waals surface area contributed by atoms with Crippen LogP contribution in [0.3, 0.4) is 0 Å². The van der Waals surface area contributed by atoms with Gasteiger partial charge in [0.15, 0.2) is 0 Å². The van der Waals surface area contributed by atoms with Gasteiger partial charge < -0.3 is 14.9 Å². The normalized spacial score (nSPS) is 21.3. The first-order valence-corrected chi connectivity index (χ1v) is 10.5. The van der Waals surface area contributed by atoms with E-state index in [1.165, 1.54) is 25.7 Å². The summed E-state index contributed by atoms with van der Waals surface area (Å²) in [6.45, 7) is 3.49. The lowest BCUT2D eigenvalue weighted by Gasteiger charge is -2.25. The molecule has 28 heavy (non-hydrogen) atoms. The molecule has 1 amide bonds. The van der Waals surface area contributed by atoms with E-state index in [0.29, 0.717) is 18.7 Å². The van der Waals surface area contributed by atoms with Crippen LogP contribution in [0.15, 0.2) is 18.3 Å². The van der Waals surface area contributed by atoms with Gasteiger partial charge in [-0.2, -0.15) is 0 Å². The van der Waals surface area contributed by atoms with Gasteiger partial charge in [0.25, 0.3) is 5.91 Å². The van der Waals surface area contributed by atoms with Gasteiger partial charge in [-0.3, -0.25) is 14.5 Å². The third-order valence-corrected chi connectivity index (χ3v) is 5.92. The molecule has 1 aromatic rings. The number of hydrogen-bond acceptors (Lipinski definition) is 5. The molecule has 0 spiro atoms. The summed E-state index contributed by atoms with van der Waals surface area (Å²) in [6.07, 6.45) is 9.28. The number of anilines is 1. The number of likely N-dealkylation sites (N-methyl/N-ethyl adjacent to an activating group) is 1. The number of carbonyl (C=O) groups is 2. The topological polar surface area (TPSA) is 77.0 Å². The molecule has 0 radical (unpaired) electrons. The Bertz CT molecular complexity index is 656. The minimum atomic E-state index is -0.810. The average Bonchev–Trinajstić information content (AvgIpc) is 3.10. The molecule has 2 aliphatic heterocycles. The van der Waals surface area contributed by atoms with Crippen LogP contribution in [0.1, 0.15) is 55.3 Å².